The van der Waals surface area contributed by atoms with Crippen molar-refractivity contribution in [1.82, 2.24) is 5.01 Å². The maximum atomic E-state index is 11.8. The zero-order chi connectivity index (χ0) is 15.7. The molecule has 1 atom stereocenters. The molecule has 1 aliphatic rings. The quantitative estimate of drug-likeness (QED) is 0.643. The number of carbonyl (C=O) groups excluding carboxylic acids is 1. The molecular weight excluding hydrogens is 306 g/mol. The number of rotatable bonds is 3. The van der Waals surface area contributed by atoms with Crippen molar-refractivity contribution in [2.24, 2.45) is 5.10 Å². The van der Waals surface area contributed by atoms with E-state index in [9.17, 15) is 14.9 Å². The maximum absolute atomic E-state index is 11.8. The van der Waals surface area contributed by atoms with Crippen LogP contribution in [0.2, 0.25) is 0 Å². The second kappa shape index (κ2) is 5.57. The number of nitro benzene ring substituents is 1. The monoisotopic (exact) mass is 317 g/mol. The molecule has 1 aliphatic heterocycles. The molecule has 0 spiro atoms. The van der Waals surface area contributed by atoms with Crippen LogP contribution in [0.15, 0.2) is 46.9 Å². The first-order chi connectivity index (χ1) is 10.6. The highest BCUT2D eigenvalue weighted by molar-refractivity contribution is 7.10. The smallest absolute Gasteiger partial charge is 0.282 e. The fraction of sp³-hybridized carbons (Fsp3) is 0.143. The van der Waals surface area contributed by atoms with Crippen LogP contribution in [-0.2, 0) is 9.53 Å². The number of hydrogen-bond donors (Lipinski definition) is 0. The maximum Gasteiger partial charge on any atom is 0.282 e. The van der Waals surface area contributed by atoms with Gasteiger partial charge in [0.1, 0.15) is 5.56 Å². The van der Waals surface area contributed by atoms with Crippen molar-refractivity contribution in [3.63, 3.8) is 0 Å². The van der Waals surface area contributed by atoms with Gasteiger partial charge in [-0.25, -0.2) is 0 Å². The summed E-state index contributed by atoms with van der Waals surface area (Å²) in [6.45, 7) is 1.37. The molecule has 2 heterocycles. The van der Waals surface area contributed by atoms with Gasteiger partial charge in [-0.2, -0.15) is 5.01 Å². The second-order valence-corrected chi connectivity index (χ2v) is 5.51. The van der Waals surface area contributed by atoms with Gasteiger partial charge in [0.25, 0.3) is 5.69 Å². The third-order valence-electron chi connectivity index (χ3n) is 3.08. The summed E-state index contributed by atoms with van der Waals surface area (Å²) in [7, 11) is 0. The van der Waals surface area contributed by atoms with Crippen molar-refractivity contribution in [3.05, 3.63) is 62.3 Å². The highest BCUT2D eigenvalue weighted by atomic mass is 32.1. The molecular formula is C14H11N3O4S. The lowest BCUT2D eigenvalue weighted by molar-refractivity contribution is -0.385. The number of nitrogens with zero attached hydrogens (tertiary/aromatic N) is 3. The molecule has 0 saturated carbocycles. The summed E-state index contributed by atoms with van der Waals surface area (Å²) in [4.78, 5) is 23.2. The van der Waals surface area contributed by atoms with Gasteiger partial charge in [-0.1, -0.05) is 18.2 Å². The Morgan fingerprint density at radius 1 is 1.36 bits per heavy atom. The number of hydrazone groups is 1. The topological polar surface area (TPSA) is 85.0 Å². The molecule has 22 heavy (non-hydrogen) atoms. The lowest BCUT2D eigenvalue weighted by Crippen LogP contribution is -2.24. The van der Waals surface area contributed by atoms with Crippen LogP contribution in [0.3, 0.4) is 0 Å². The van der Waals surface area contributed by atoms with E-state index in [1.807, 2.05) is 17.5 Å². The Hall–Kier alpha value is -2.74. The number of hydrogen-bond acceptors (Lipinski definition) is 6. The molecule has 112 valence electrons. The van der Waals surface area contributed by atoms with Crippen LogP contribution < -0.4 is 0 Å². The normalized spacial score (nSPS) is 17.0. The number of para-hydroxylation sites is 1. The molecule has 0 N–H and O–H groups in total. The minimum atomic E-state index is -0.688. The van der Waals surface area contributed by atoms with Gasteiger partial charge in [0.2, 0.25) is 18.0 Å². The lowest BCUT2D eigenvalue weighted by Gasteiger charge is -2.17. The first-order valence-electron chi connectivity index (χ1n) is 6.40. The van der Waals surface area contributed by atoms with Crippen LogP contribution in [0.25, 0.3) is 0 Å². The Morgan fingerprint density at radius 2 is 2.14 bits per heavy atom. The van der Waals surface area contributed by atoms with Gasteiger partial charge in [0, 0.05) is 13.0 Å². The molecule has 1 unspecified atom stereocenters. The number of benzene rings is 1. The summed E-state index contributed by atoms with van der Waals surface area (Å²) in [6.07, 6.45) is -0.688. The van der Waals surface area contributed by atoms with E-state index in [1.54, 1.807) is 18.2 Å². The number of amides is 1. The van der Waals surface area contributed by atoms with Gasteiger partial charge in [-0.15, -0.1) is 16.4 Å². The fourth-order valence-corrected chi connectivity index (χ4v) is 2.84. The van der Waals surface area contributed by atoms with Crippen LogP contribution in [0, 0.1) is 10.1 Å². The lowest BCUT2D eigenvalue weighted by atomic mass is 10.2. The first kappa shape index (κ1) is 14.2. The molecule has 0 aliphatic carbocycles. The Balaban J connectivity index is 2.01. The molecule has 0 radical (unpaired) electrons. The Bertz CT molecular complexity index is 757. The largest absolute Gasteiger partial charge is 0.445 e. The minimum absolute atomic E-state index is 0.0703. The van der Waals surface area contributed by atoms with Gasteiger partial charge in [-0.05, 0) is 17.5 Å². The summed E-state index contributed by atoms with van der Waals surface area (Å²) in [6, 6.07) is 9.80. The average molecular weight is 317 g/mol. The Kier molecular flexibility index (Phi) is 3.60. The van der Waals surface area contributed by atoms with Crippen molar-refractivity contribution >= 4 is 28.8 Å². The van der Waals surface area contributed by atoms with Crippen LogP contribution in [-0.4, -0.2) is 21.7 Å². The number of carbonyl (C=O) groups is 1. The van der Waals surface area contributed by atoms with Gasteiger partial charge < -0.3 is 4.74 Å². The highest BCUT2D eigenvalue weighted by Crippen LogP contribution is 2.34. The molecule has 2 aromatic rings. The van der Waals surface area contributed by atoms with E-state index in [0.717, 1.165) is 4.88 Å². The van der Waals surface area contributed by atoms with Crippen molar-refractivity contribution < 1.29 is 14.5 Å². The molecule has 7 nitrogen and oxygen atoms in total. The summed E-state index contributed by atoms with van der Waals surface area (Å²) in [5.74, 6) is -0.229. The second-order valence-electron chi connectivity index (χ2n) is 4.53. The molecule has 0 saturated heterocycles. The standard InChI is InChI=1S/C14H11N3O4S/c1-9(18)16-14(12-7-4-8-22-12)21-13(15-16)10-5-2-3-6-11(10)17(19)20/h2-8,14H,1H3. The van der Waals surface area contributed by atoms with E-state index in [4.69, 9.17) is 4.74 Å². The Morgan fingerprint density at radius 3 is 2.77 bits per heavy atom. The van der Waals surface area contributed by atoms with E-state index < -0.39 is 11.2 Å². The SMILES string of the molecule is CC(=O)N1N=C(c2ccccc2[N+](=O)[O-])OC1c1cccs1. The number of thiophene rings is 1. The third kappa shape index (κ3) is 2.44. The predicted molar refractivity (Wildman–Crippen MR) is 80.3 cm³/mol. The fourth-order valence-electron chi connectivity index (χ4n) is 2.11. The number of ether oxygens (including phenoxy) is 1. The first-order valence-corrected chi connectivity index (χ1v) is 7.28. The third-order valence-corrected chi connectivity index (χ3v) is 3.99. The van der Waals surface area contributed by atoms with Crippen molar-refractivity contribution in [2.45, 2.75) is 13.2 Å². The summed E-state index contributed by atoms with van der Waals surface area (Å²) >= 11 is 1.42. The average Bonchev–Trinajstić information content (AvgIpc) is 3.16. The molecule has 0 bridgehead atoms. The molecule has 0 fully saturated rings. The van der Waals surface area contributed by atoms with Gasteiger partial charge >= 0.3 is 0 Å². The van der Waals surface area contributed by atoms with E-state index in [1.165, 1.54) is 29.3 Å². The van der Waals surface area contributed by atoms with Gasteiger partial charge in [0.05, 0.1) is 9.80 Å². The van der Waals surface area contributed by atoms with E-state index in [0.29, 0.717) is 0 Å². The minimum Gasteiger partial charge on any atom is -0.445 e. The molecule has 1 aromatic carbocycles. The van der Waals surface area contributed by atoms with E-state index in [2.05, 4.69) is 5.10 Å². The molecule has 1 aromatic heterocycles. The van der Waals surface area contributed by atoms with Gasteiger partial charge in [-0.3, -0.25) is 14.9 Å². The molecule has 8 heteroatoms. The van der Waals surface area contributed by atoms with Crippen LogP contribution in [0.1, 0.15) is 23.6 Å². The van der Waals surface area contributed by atoms with Gasteiger partial charge in [0.15, 0.2) is 0 Å². The van der Waals surface area contributed by atoms with Crippen LogP contribution in [0.4, 0.5) is 5.69 Å². The van der Waals surface area contributed by atoms with Crippen LogP contribution in [0.5, 0.6) is 0 Å². The predicted octanol–water partition coefficient (Wildman–Crippen LogP) is 2.90. The molecule has 1 amide bonds. The summed E-state index contributed by atoms with van der Waals surface area (Å²) in [5, 5.41) is 18.3. The van der Waals surface area contributed by atoms with Crippen molar-refractivity contribution in [3.8, 4) is 0 Å². The van der Waals surface area contributed by atoms with Crippen molar-refractivity contribution in [1.29, 1.82) is 0 Å². The number of nitro groups is 1. The zero-order valence-electron chi connectivity index (χ0n) is 11.5. The van der Waals surface area contributed by atoms with Crippen molar-refractivity contribution in [2.75, 3.05) is 0 Å². The van der Waals surface area contributed by atoms with Crippen LogP contribution >= 0.6 is 11.3 Å². The van der Waals surface area contributed by atoms with E-state index >= 15 is 0 Å². The highest BCUT2D eigenvalue weighted by Gasteiger charge is 2.35. The summed E-state index contributed by atoms with van der Waals surface area (Å²) in [5.41, 5.74) is 0.134. The molecule has 3 rings (SSSR count). The summed E-state index contributed by atoms with van der Waals surface area (Å²) < 4.78 is 5.72. The zero-order valence-corrected chi connectivity index (χ0v) is 12.3. The van der Waals surface area contributed by atoms with E-state index in [-0.39, 0.29) is 23.1 Å². The Labute approximate surface area is 129 Å².